The van der Waals surface area contributed by atoms with Gasteiger partial charge in [0, 0.05) is 12.1 Å². The van der Waals surface area contributed by atoms with Gasteiger partial charge in [-0.25, -0.2) is 0 Å². The lowest BCUT2D eigenvalue weighted by molar-refractivity contribution is -0.525. The lowest BCUT2D eigenvalue weighted by Crippen LogP contribution is -2.88. The monoisotopic (exact) mass is 418 g/mol. The first-order valence-electron chi connectivity index (χ1n) is 8.86. The van der Waals surface area contributed by atoms with Crippen LogP contribution in [0.5, 0.6) is 0 Å². The predicted octanol–water partition coefficient (Wildman–Crippen LogP) is -4.87. The number of anilines is 1. The summed E-state index contributed by atoms with van der Waals surface area (Å²) in [5, 5.41) is 104. The average Bonchev–Trinajstić information content (AvgIpc) is 3.24. The van der Waals surface area contributed by atoms with Crippen molar-refractivity contribution in [2.75, 3.05) is 18.4 Å². The Morgan fingerprint density at radius 1 is 0.897 bits per heavy atom. The van der Waals surface area contributed by atoms with Crippen LogP contribution in [0.1, 0.15) is 24.5 Å². The molecule has 1 aromatic carbocycles. The number of hydrogen-bond donors (Lipinski definition) is 12. The van der Waals surface area contributed by atoms with Gasteiger partial charge in [-0.3, -0.25) is 0 Å². The third-order valence-corrected chi connectivity index (χ3v) is 6.14. The fourth-order valence-electron chi connectivity index (χ4n) is 4.01. The van der Waals surface area contributed by atoms with E-state index >= 15 is 0 Å². The average molecular weight is 418 g/mol. The second-order valence-corrected chi connectivity index (χ2v) is 7.85. The second-order valence-electron chi connectivity index (χ2n) is 7.85. The summed E-state index contributed by atoms with van der Waals surface area (Å²) < 4.78 is 0. The molecule has 0 spiro atoms. The van der Waals surface area contributed by atoms with Crippen LogP contribution in [0.2, 0.25) is 0 Å². The van der Waals surface area contributed by atoms with Crippen molar-refractivity contribution in [1.82, 2.24) is 0 Å². The van der Waals surface area contributed by atoms with Gasteiger partial charge < -0.3 is 62.1 Å². The highest BCUT2D eigenvalue weighted by Gasteiger charge is 2.97. The van der Waals surface area contributed by atoms with E-state index in [4.69, 9.17) is 5.73 Å². The molecule has 0 aromatic heterocycles. The minimum Gasteiger partial charge on any atom is -0.388 e. The summed E-state index contributed by atoms with van der Waals surface area (Å²) in [6.45, 7) is -0.741. The van der Waals surface area contributed by atoms with Gasteiger partial charge in [0.2, 0.25) is 0 Å². The first-order valence-corrected chi connectivity index (χ1v) is 8.86. The van der Waals surface area contributed by atoms with Crippen LogP contribution in [0.4, 0.5) is 5.69 Å². The van der Waals surface area contributed by atoms with Gasteiger partial charge in [-0.05, 0) is 30.7 Å². The van der Waals surface area contributed by atoms with Crippen molar-refractivity contribution in [3.63, 3.8) is 0 Å². The van der Waals surface area contributed by atoms with Gasteiger partial charge in [0.25, 0.3) is 17.4 Å². The van der Waals surface area contributed by atoms with E-state index in [1.807, 2.05) is 0 Å². The van der Waals surface area contributed by atoms with Crippen LogP contribution in [-0.2, 0) is 0 Å². The summed E-state index contributed by atoms with van der Waals surface area (Å²) in [6, 6.07) is 6.04. The van der Waals surface area contributed by atoms with Crippen molar-refractivity contribution in [3.05, 3.63) is 29.8 Å². The maximum atomic E-state index is 10.8. The number of aliphatic hydroxyl groups is 10. The van der Waals surface area contributed by atoms with Crippen LogP contribution < -0.4 is 11.1 Å². The fourth-order valence-corrected chi connectivity index (χ4v) is 4.01. The maximum absolute atomic E-state index is 10.8. The Hall–Kier alpha value is -1.42. The van der Waals surface area contributed by atoms with Gasteiger partial charge in [0.15, 0.2) is 11.2 Å². The Kier molecular flexibility index (Phi) is 4.83. The molecule has 0 radical (unpaired) electrons. The zero-order chi connectivity index (χ0) is 22.1. The number of nitrogens with one attached hydrogen (secondary N) is 1. The number of fused-ring (bicyclic) bond motifs is 1. The molecule has 0 aliphatic heterocycles. The molecular formula is C17H26N2O10. The molecule has 0 heterocycles. The molecule has 164 valence electrons. The highest BCUT2D eigenvalue weighted by atomic mass is 16.7. The van der Waals surface area contributed by atoms with Crippen molar-refractivity contribution < 1.29 is 51.1 Å². The molecule has 13 N–H and O–H groups in total. The Morgan fingerprint density at radius 3 is 2.10 bits per heavy atom. The van der Waals surface area contributed by atoms with Gasteiger partial charge in [0.1, 0.15) is 5.60 Å². The Labute approximate surface area is 164 Å². The standard InChI is InChI=1S/C17H26N2O10/c18-5-4-11(20)9-2-1-3-10(6-9)19-8-14(23)12(21)7-13(12,22)15(24,25)17(28,29)16(14,26)27/h1-3,6,11,19-29H,4-5,7-8,18H2. The fraction of sp³-hybridized carbons (Fsp3) is 0.647. The van der Waals surface area contributed by atoms with E-state index in [9.17, 15) is 51.1 Å². The van der Waals surface area contributed by atoms with E-state index in [0.29, 0.717) is 5.56 Å². The van der Waals surface area contributed by atoms with Crippen molar-refractivity contribution in [2.24, 2.45) is 5.73 Å². The van der Waals surface area contributed by atoms with E-state index in [-0.39, 0.29) is 18.7 Å². The van der Waals surface area contributed by atoms with Crippen LogP contribution in [-0.4, -0.2) is 98.3 Å². The van der Waals surface area contributed by atoms with Crippen LogP contribution >= 0.6 is 0 Å². The lowest BCUT2D eigenvalue weighted by atomic mass is 9.68. The molecule has 0 amide bonds. The molecule has 3 rings (SSSR count). The van der Waals surface area contributed by atoms with Crippen LogP contribution in [0.15, 0.2) is 24.3 Å². The van der Waals surface area contributed by atoms with Gasteiger partial charge >= 0.3 is 0 Å². The van der Waals surface area contributed by atoms with Gasteiger partial charge in [-0.1, -0.05) is 12.1 Å². The number of rotatable bonds is 6. The lowest BCUT2D eigenvalue weighted by Gasteiger charge is -2.57. The SMILES string of the molecule is NCCC(O)c1cccc(NCC2(O)C(O)(O)C(O)(O)C(O)(O)C3(O)CC23O)c1. The van der Waals surface area contributed by atoms with Gasteiger partial charge in [-0.2, -0.15) is 0 Å². The number of aliphatic hydroxyl groups excluding tert-OH is 1. The minimum atomic E-state index is -4.24. The Bertz CT molecular complexity index is 802. The van der Waals surface area contributed by atoms with Gasteiger partial charge in [-0.15, -0.1) is 0 Å². The zero-order valence-electron chi connectivity index (χ0n) is 15.3. The topological polar surface area (TPSA) is 240 Å². The smallest absolute Gasteiger partial charge is 0.280 e. The first kappa shape index (κ1) is 22.3. The maximum Gasteiger partial charge on any atom is 0.280 e. The largest absolute Gasteiger partial charge is 0.388 e. The molecular weight excluding hydrogens is 392 g/mol. The predicted molar refractivity (Wildman–Crippen MR) is 94.5 cm³/mol. The number of benzene rings is 1. The van der Waals surface area contributed by atoms with E-state index in [0.717, 1.165) is 0 Å². The molecule has 2 aliphatic rings. The van der Waals surface area contributed by atoms with Crippen LogP contribution in [0.25, 0.3) is 0 Å². The summed E-state index contributed by atoms with van der Waals surface area (Å²) >= 11 is 0. The summed E-state index contributed by atoms with van der Waals surface area (Å²) in [7, 11) is 0. The van der Waals surface area contributed by atoms with Gasteiger partial charge in [0.05, 0.1) is 12.6 Å². The van der Waals surface area contributed by atoms with E-state index in [1.54, 1.807) is 6.07 Å². The minimum absolute atomic E-state index is 0.223. The first-order chi connectivity index (χ1) is 13.1. The quantitative estimate of drug-likeness (QED) is 0.195. The Balaban J connectivity index is 1.92. The molecule has 1 aromatic rings. The summed E-state index contributed by atoms with van der Waals surface area (Å²) in [4.78, 5) is 0. The van der Waals surface area contributed by atoms with Crippen LogP contribution in [0, 0.1) is 0 Å². The third kappa shape index (κ3) is 2.54. The van der Waals surface area contributed by atoms with Crippen molar-refractivity contribution in [3.8, 4) is 0 Å². The molecule has 0 bridgehead atoms. The van der Waals surface area contributed by atoms with E-state index in [2.05, 4.69) is 5.32 Å². The summed E-state index contributed by atoms with van der Waals surface area (Å²) in [6.07, 6.45) is -1.62. The van der Waals surface area contributed by atoms with Crippen molar-refractivity contribution in [1.29, 1.82) is 0 Å². The third-order valence-electron chi connectivity index (χ3n) is 6.14. The van der Waals surface area contributed by atoms with E-state index < -0.39 is 53.2 Å². The molecule has 12 heteroatoms. The highest BCUT2D eigenvalue weighted by Crippen LogP contribution is 2.68. The van der Waals surface area contributed by atoms with Crippen molar-refractivity contribution in [2.45, 2.75) is 53.1 Å². The number of nitrogens with two attached hydrogens (primary N) is 1. The van der Waals surface area contributed by atoms with Crippen LogP contribution in [0.3, 0.4) is 0 Å². The highest BCUT2D eigenvalue weighted by molar-refractivity contribution is 5.49. The normalized spacial score (nSPS) is 37.5. The molecule has 2 aliphatic carbocycles. The molecule has 29 heavy (non-hydrogen) atoms. The zero-order valence-corrected chi connectivity index (χ0v) is 15.3. The number of hydrogen-bond acceptors (Lipinski definition) is 12. The molecule has 4 unspecified atom stereocenters. The van der Waals surface area contributed by atoms with E-state index in [1.165, 1.54) is 18.2 Å². The molecule has 4 atom stereocenters. The summed E-state index contributed by atoms with van der Waals surface area (Å²) in [5.74, 6) is -12.3. The molecule has 0 saturated heterocycles. The second kappa shape index (κ2) is 6.29. The molecule has 2 fully saturated rings. The molecule has 12 nitrogen and oxygen atoms in total. The Morgan fingerprint density at radius 2 is 1.52 bits per heavy atom. The van der Waals surface area contributed by atoms with Crippen molar-refractivity contribution >= 4 is 5.69 Å². The molecule has 2 saturated carbocycles. The summed E-state index contributed by atoms with van der Waals surface area (Å²) in [5.41, 5.74) is -3.17.